The summed E-state index contributed by atoms with van der Waals surface area (Å²) in [5.74, 6) is -4.09. The molecule has 2 saturated heterocycles. The van der Waals surface area contributed by atoms with Gasteiger partial charge in [-0.2, -0.15) is 0 Å². The quantitative estimate of drug-likeness (QED) is 0.305. The van der Waals surface area contributed by atoms with Gasteiger partial charge in [0.1, 0.15) is 23.7 Å². The number of nitrogens with one attached hydrogen (secondary N) is 1. The SMILES string of the molecule is COC[C@@H]1NC(=O)CC/C=C\[C@@H]2O[C@@]34C=CCN(c5c(C)cccc5Cl)C(=O)[C@@H]3N([C@@H](CO)CC(C)C)C(=O)[C@H]4[C@@H]2C(=O)O[C@H]1c1ccccc1. The van der Waals surface area contributed by atoms with Gasteiger partial charge in [0.25, 0.3) is 5.91 Å². The number of esters is 1. The molecule has 0 saturated carbocycles. The molecule has 6 rings (SSSR count). The van der Waals surface area contributed by atoms with Gasteiger partial charge in [-0.3, -0.25) is 19.2 Å². The molecule has 8 atom stereocenters. The first-order valence-electron chi connectivity index (χ1n) is 17.6. The number of carbonyl (C=O) groups excluding carboxylic acids is 4. The Kier molecular flexibility index (Phi) is 11.0. The third kappa shape index (κ3) is 6.84. The van der Waals surface area contributed by atoms with E-state index in [0.717, 1.165) is 5.56 Å². The number of aliphatic hydroxyl groups is 1. The highest BCUT2D eigenvalue weighted by molar-refractivity contribution is 6.34. The van der Waals surface area contributed by atoms with Crippen LogP contribution in [0.2, 0.25) is 5.02 Å². The predicted octanol–water partition coefficient (Wildman–Crippen LogP) is 4.30. The van der Waals surface area contributed by atoms with Crippen LogP contribution in [0.5, 0.6) is 0 Å². The van der Waals surface area contributed by atoms with Crippen molar-refractivity contribution in [1.82, 2.24) is 10.2 Å². The summed E-state index contributed by atoms with van der Waals surface area (Å²) in [6.45, 7) is 5.63. The second kappa shape index (κ2) is 15.3. The number of rotatable bonds is 8. The number of methoxy groups -OCH3 is 1. The zero-order chi connectivity index (χ0) is 36.4. The fourth-order valence-electron chi connectivity index (χ4n) is 8.21. The largest absolute Gasteiger partial charge is 0.455 e. The summed E-state index contributed by atoms with van der Waals surface area (Å²) in [5, 5.41) is 14.1. The molecule has 2 N–H and O–H groups in total. The zero-order valence-corrected chi connectivity index (χ0v) is 30.1. The molecular weight excluding hydrogens is 674 g/mol. The Labute approximate surface area is 303 Å². The van der Waals surface area contributed by atoms with Gasteiger partial charge in [0, 0.05) is 20.1 Å². The molecule has 2 fully saturated rings. The molecule has 0 bridgehead atoms. The number of benzene rings is 2. The van der Waals surface area contributed by atoms with E-state index in [-0.39, 0.29) is 31.4 Å². The third-order valence-corrected chi connectivity index (χ3v) is 10.6. The minimum absolute atomic E-state index is 0.0586. The van der Waals surface area contributed by atoms with E-state index in [1.165, 1.54) is 12.0 Å². The van der Waals surface area contributed by atoms with E-state index >= 15 is 4.79 Å². The predicted molar refractivity (Wildman–Crippen MR) is 191 cm³/mol. The van der Waals surface area contributed by atoms with E-state index in [1.807, 2.05) is 45.0 Å². The van der Waals surface area contributed by atoms with Crippen LogP contribution in [0.4, 0.5) is 5.69 Å². The van der Waals surface area contributed by atoms with Gasteiger partial charge in [-0.15, -0.1) is 0 Å². The number of cyclic esters (lactones) is 1. The number of likely N-dealkylation sites (tertiary alicyclic amines) is 1. The summed E-state index contributed by atoms with van der Waals surface area (Å²) < 4.78 is 18.7. The van der Waals surface area contributed by atoms with Crippen molar-refractivity contribution in [3.05, 3.63) is 89.0 Å². The van der Waals surface area contributed by atoms with Gasteiger partial charge in [-0.25, -0.2) is 0 Å². The van der Waals surface area contributed by atoms with Crippen molar-refractivity contribution in [3.63, 3.8) is 0 Å². The van der Waals surface area contributed by atoms with E-state index in [2.05, 4.69) is 5.32 Å². The van der Waals surface area contributed by atoms with E-state index in [9.17, 15) is 19.5 Å². The minimum atomic E-state index is -1.58. The summed E-state index contributed by atoms with van der Waals surface area (Å²) in [7, 11) is 1.50. The molecule has 272 valence electrons. The number of carbonyl (C=O) groups is 4. The molecule has 2 aromatic carbocycles. The van der Waals surface area contributed by atoms with Gasteiger partial charge >= 0.3 is 5.97 Å². The Balaban J connectivity index is 1.49. The second-order valence-electron chi connectivity index (χ2n) is 14.2. The number of para-hydroxylation sites is 1. The lowest BCUT2D eigenvalue weighted by atomic mass is 9.77. The molecular formula is C39H46ClN3O8. The third-order valence-electron chi connectivity index (χ3n) is 10.3. The highest BCUT2D eigenvalue weighted by atomic mass is 35.5. The van der Waals surface area contributed by atoms with Crippen molar-refractivity contribution in [3.8, 4) is 0 Å². The number of aryl methyl sites for hydroxylation is 1. The van der Waals surface area contributed by atoms with Gasteiger partial charge in [0.2, 0.25) is 11.8 Å². The molecule has 0 unspecified atom stereocenters. The van der Waals surface area contributed by atoms with Crippen LogP contribution < -0.4 is 10.2 Å². The summed E-state index contributed by atoms with van der Waals surface area (Å²) >= 11 is 6.70. The van der Waals surface area contributed by atoms with Crippen LogP contribution in [0.3, 0.4) is 0 Å². The maximum absolute atomic E-state index is 15.0. The molecule has 1 spiro atoms. The number of allylic oxidation sites excluding steroid dienone is 1. The summed E-state index contributed by atoms with van der Waals surface area (Å²) in [6, 6.07) is 11.8. The van der Waals surface area contributed by atoms with Crippen LogP contribution in [0.1, 0.15) is 50.3 Å². The lowest BCUT2D eigenvalue weighted by Crippen LogP contribution is -2.58. The lowest BCUT2D eigenvalue weighted by molar-refractivity contribution is -0.163. The number of hydrogen-bond donors (Lipinski definition) is 2. The smallest absolute Gasteiger partial charge is 0.313 e. The molecule has 51 heavy (non-hydrogen) atoms. The molecule has 4 aliphatic rings. The Bertz CT molecular complexity index is 1680. The number of amides is 3. The standard InChI is InChI=1S/C39H46ClN3O8/c1-23(2)20-26(21-44)43-35-37(47)42(33-24(3)12-10-15-27(33)40)19-11-18-39(35)32(36(43)46)31-29(51-39)16-8-9-17-30(45)41-28(22-49-4)34(50-38(31)48)25-13-6-5-7-14-25/h5-8,10-16,18,23,26,28-29,31-32,34-35,44H,9,17,19-22H2,1-4H3,(H,41,45)/b16-8-/t26-,28+,29+,31-,32-,34+,35+,39-/m1/s1. The zero-order valence-electron chi connectivity index (χ0n) is 29.4. The van der Waals surface area contributed by atoms with Crippen molar-refractivity contribution in [1.29, 1.82) is 0 Å². The molecule has 0 aromatic heterocycles. The number of halogens is 1. The Morgan fingerprint density at radius 1 is 1.06 bits per heavy atom. The van der Waals surface area contributed by atoms with E-state index in [4.69, 9.17) is 25.8 Å². The van der Waals surface area contributed by atoms with Gasteiger partial charge < -0.3 is 34.4 Å². The van der Waals surface area contributed by atoms with Gasteiger partial charge in [0.05, 0.1) is 48.0 Å². The van der Waals surface area contributed by atoms with Gasteiger partial charge in [-0.1, -0.05) is 92.2 Å². The molecule has 3 amide bonds. The molecule has 12 heteroatoms. The van der Waals surface area contributed by atoms with Crippen LogP contribution in [0, 0.1) is 24.7 Å². The number of anilines is 1. The van der Waals surface area contributed by atoms with E-state index in [0.29, 0.717) is 29.1 Å². The Hall–Kier alpha value is -4.03. The van der Waals surface area contributed by atoms with Crippen molar-refractivity contribution >= 4 is 41.0 Å². The number of fused-ring (bicyclic) bond motifs is 2. The number of ether oxygens (including phenoxy) is 3. The highest BCUT2D eigenvalue weighted by Gasteiger charge is 2.72. The van der Waals surface area contributed by atoms with Crippen molar-refractivity contribution in [2.24, 2.45) is 17.8 Å². The Morgan fingerprint density at radius 2 is 1.82 bits per heavy atom. The first kappa shape index (κ1) is 36.8. The molecule has 0 radical (unpaired) electrons. The monoisotopic (exact) mass is 719 g/mol. The maximum Gasteiger partial charge on any atom is 0.313 e. The van der Waals surface area contributed by atoms with Crippen LogP contribution in [0.15, 0.2) is 72.8 Å². The van der Waals surface area contributed by atoms with Crippen molar-refractivity contribution in [2.45, 2.75) is 76.0 Å². The second-order valence-corrected chi connectivity index (χ2v) is 14.6. The normalized spacial score (nSPS) is 30.8. The van der Waals surface area contributed by atoms with Crippen molar-refractivity contribution in [2.75, 3.05) is 31.8 Å². The van der Waals surface area contributed by atoms with Crippen LogP contribution >= 0.6 is 11.6 Å². The Morgan fingerprint density at radius 3 is 2.51 bits per heavy atom. The first-order valence-corrected chi connectivity index (χ1v) is 18.0. The van der Waals surface area contributed by atoms with Gasteiger partial charge in [0.15, 0.2) is 0 Å². The lowest BCUT2D eigenvalue weighted by Gasteiger charge is -2.39. The van der Waals surface area contributed by atoms with Crippen LogP contribution in [-0.2, 0) is 33.4 Å². The number of hydrogen-bond acceptors (Lipinski definition) is 8. The number of nitrogens with zero attached hydrogens (tertiary/aromatic N) is 2. The fourth-order valence-corrected chi connectivity index (χ4v) is 8.53. The molecule has 2 aromatic rings. The summed E-state index contributed by atoms with van der Waals surface area (Å²) in [4.78, 5) is 60.8. The molecule has 0 aliphatic carbocycles. The first-order chi connectivity index (χ1) is 24.5. The molecule has 4 aliphatic heterocycles. The topological polar surface area (TPSA) is 135 Å². The molecule has 4 heterocycles. The van der Waals surface area contributed by atoms with Crippen LogP contribution in [-0.4, -0.2) is 90.4 Å². The average molecular weight is 720 g/mol. The van der Waals surface area contributed by atoms with E-state index < -0.39 is 72.2 Å². The van der Waals surface area contributed by atoms with Crippen LogP contribution in [0.25, 0.3) is 0 Å². The highest BCUT2D eigenvalue weighted by Crippen LogP contribution is 2.54. The summed E-state index contributed by atoms with van der Waals surface area (Å²) in [6.07, 6.45) is 5.99. The molecule has 11 nitrogen and oxygen atoms in total. The number of aliphatic hydroxyl groups excluding tert-OH is 1. The minimum Gasteiger partial charge on any atom is -0.455 e. The fraction of sp³-hybridized carbons (Fsp3) is 0.487. The average Bonchev–Trinajstić information content (AvgIpc) is 3.49. The van der Waals surface area contributed by atoms with Gasteiger partial charge in [-0.05, 0) is 42.9 Å². The van der Waals surface area contributed by atoms with Crippen molar-refractivity contribution < 1.29 is 38.5 Å². The van der Waals surface area contributed by atoms with E-state index in [1.54, 1.807) is 53.5 Å². The summed E-state index contributed by atoms with van der Waals surface area (Å²) in [5.41, 5.74) is 0.344. The maximum atomic E-state index is 15.0.